The van der Waals surface area contributed by atoms with E-state index in [4.69, 9.17) is 27.9 Å². The molecule has 0 heterocycles. The molecule has 0 saturated carbocycles. The molecule has 0 spiro atoms. The van der Waals surface area contributed by atoms with E-state index in [-0.39, 0.29) is 12.4 Å². The Morgan fingerprint density at radius 1 is 1.16 bits per heavy atom. The van der Waals surface area contributed by atoms with Crippen molar-refractivity contribution in [3.63, 3.8) is 0 Å². The van der Waals surface area contributed by atoms with Gasteiger partial charge in [0, 0.05) is 21.1 Å². The van der Waals surface area contributed by atoms with Gasteiger partial charge < -0.3 is 4.74 Å². The summed E-state index contributed by atoms with van der Waals surface area (Å²) in [6.45, 7) is -0.0868. The summed E-state index contributed by atoms with van der Waals surface area (Å²) in [4.78, 5) is 11.9. The second-order valence-corrected chi connectivity index (χ2v) is 5.56. The number of hydrogen-bond acceptors (Lipinski definition) is 2. The fourth-order valence-electron chi connectivity index (χ4n) is 1.48. The Morgan fingerprint density at radius 3 is 2.68 bits per heavy atom. The normalized spacial score (nSPS) is 10.3. The topological polar surface area (TPSA) is 26.3 Å². The number of ether oxygens (including phenoxy) is 1. The molecule has 0 aromatic heterocycles. The number of ketones is 1. The van der Waals surface area contributed by atoms with Crippen molar-refractivity contribution in [1.82, 2.24) is 0 Å². The van der Waals surface area contributed by atoms with Crippen LogP contribution in [-0.2, 0) is 0 Å². The van der Waals surface area contributed by atoms with Gasteiger partial charge in [0.1, 0.15) is 5.75 Å². The van der Waals surface area contributed by atoms with Crippen LogP contribution in [-0.4, -0.2) is 12.4 Å². The zero-order chi connectivity index (χ0) is 13.8. The lowest BCUT2D eigenvalue weighted by Gasteiger charge is -2.08. The molecule has 0 atom stereocenters. The van der Waals surface area contributed by atoms with Crippen molar-refractivity contribution in [3.05, 3.63) is 62.5 Å². The Morgan fingerprint density at radius 2 is 1.95 bits per heavy atom. The third kappa shape index (κ3) is 3.96. The van der Waals surface area contributed by atoms with Gasteiger partial charge in [0.05, 0.1) is 5.02 Å². The van der Waals surface area contributed by atoms with Crippen LogP contribution in [0.25, 0.3) is 0 Å². The Kier molecular flexibility index (Phi) is 4.86. The predicted octanol–water partition coefficient (Wildman–Crippen LogP) is 5.02. The summed E-state index contributed by atoms with van der Waals surface area (Å²) in [6, 6.07) is 12.0. The van der Waals surface area contributed by atoms with Gasteiger partial charge in [-0.3, -0.25) is 4.79 Å². The second kappa shape index (κ2) is 6.42. The first-order chi connectivity index (χ1) is 9.06. The maximum atomic E-state index is 11.9. The van der Waals surface area contributed by atoms with Crippen LogP contribution in [0.3, 0.4) is 0 Å². The predicted molar refractivity (Wildman–Crippen MR) is 80.4 cm³/mol. The Hall–Kier alpha value is -1.03. The molecule has 19 heavy (non-hydrogen) atoms. The average Bonchev–Trinajstić information content (AvgIpc) is 2.39. The molecule has 0 saturated heterocycles. The van der Waals surface area contributed by atoms with Gasteiger partial charge in [0.25, 0.3) is 0 Å². The van der Waals surface area contributed by atoms with Crippen molar-refractivity contribution in [1.29, 1.82) is 0 Å². The van der Waals surface area contributed by atoms with E-state index in [0.717, 1.165) is 4.47 Å². The summed E-state index contributed by atoms with van der Waals surface area (Å²) in [5, 5.41) is 0.931. The van der Waals surface area contributed by atoms with E-state index < -0.39 is 0 Å². The highest BCUT2D eigenvalue weighted by atomic mass is 79.9. The first-order valence-corrected chi connectivity index (χ1v) is 6.98. The van der Waals surface area contributed by atoms with E-state index in [9.17, 15) is 4.79 Å². The molecule has 98 valence electrons. The molecular formula is C14H9BrCl2O2. The molecule has 0 aliphatic heterocycles. The van der Waals surface area contributed by atoms with Crippen molar-refractivity contribution >= 4 is 44.9 Å². The molecule has 0 aliphatic carbocycles. The van der Waals surface area contributed by atoms with Crippen LogP contribution in [0.15, 0.2) is 46.9 Å². The van der Waals surface area contributed by atoms with Gasteiger partial charge in [-0.2, -0.15) is 0 Å². The lowest BCUT2D eigenvalue weighted by molar-refractivity contribution is 0.0921. The van der Waals surface area contributed by atoms with Crippen LogP contribution in [0, 0.1) is 0 Å². The molecular weight excluding hydrogens is 351 g/mol. The van der Waals surface area contributed by atoms with Gasteiger partial charge in [-0.05, 0) is 24.3 Å². The fraction of sp³-hybridized carbons (Fsp3) is 0.0714. The van der Waals surface area contributed by atoms with Crippen LogP contribution in [0.4, 0.5) is 0 Å². The van der Waals surface area contributed by atoms with Gasteiger partial charge in [-0.15, -0.1) is 0 Å². The summed E-state index contributed by atoms with van der Waals surface area (Å²) in [5.74, 6) is 0.273. The molecule has 0 bridgehead atoms. The van der Waals surface area contributed by atoms with Gasteiger partial charge in [0.2, 0.25) is 0 Å². The minimum absolute atomic E-state index is 0.0868. The molecule has 0 unspecified atom stereocenters. The maximum absolute atomic E-state index is 11.9. The van der Waals surface area contributed by atoms with E-state index in [1.165, 1.54) is 0 Å². The standard InChI is InChI=1S/C14H9BrCl2O2/c15-10-3-1-2-9(6-10)13(18)8-19-14-7-11(16)4-5-12(14)17/h1-7H,8H2. The van der Waals surface area contributed by atoms with E-state index >= 15 is 0 Å². The Balaban J connectivity index is 2.06. The summed E-state index contributed by atoms with van der Waals surface area (Å²) < 4.78 is 6.24. The lowest BCUT2D eigenvalue weighted by atomic mass is 10.1. The SMILES string of the molecule is O=C(COc1cc(Cl)ccc1Cl)c1cccc(Br)c1. The zero-order valence-electron chi connectivity index (χ0n) is 9.70. The smallest absolute Gasteiger partial charge is 0.200 e. The van der Waals surface area contributed by atoms with Crippen molar-refractivity contribution in [3.8, 4) is 5.75 Å². The molecule has 0 N–H and O–H groups in total. The number of hydrogen-bond donors (Lipinski definition) is 0. The molecule has 2 nitrogen and oxygen atoms in total. The van der Waals surface area contributed by atoms with Gasteiger partial charge in [-0.1, -0.05) is 51.3 Å². The molecule has 0 fully saturated rings. The minimum atomic E-state index is -0.127. The lowest BCUT2D eigenvalue weighted by Crippen LogP contribution is -2.11. The first kappa shape index (κ1) is 14.4. The van der Waals surface area contributed by atoms with Crippen molar-refractivity contribution in [2.45, 2.75) is 0 Å². The molecule has 2 rings (SSSR count). The number of halogens is 3. The van der Waals surface area contributed by atoms with Crippen LogP contribution in [0.1, 0.15) is 10.4 Å². The number of carbonyl (C=O) groups is 1. The summed E-state index contributed by atoms with van der Waals surface area (Å²) in [5.41, 5.74) is 0.576. The molecule has 0 amide bonds. The zero-order valence-corrected chi connectivity index (χ0v) is 12.8. The molecule has 5 heteroatoms. The van der Waals surface area contributed by atoms with E-state index in [1.807, 2.05) is 6.07 Å². The third-order valence-corrected chi connectivity index (χ3v) is 3.44. The van der Waals surface area contributed by atoms with Crippen LogP contribution in [0.5, 0.6) is 5.75 Å². The number of carbonyl (C=O) groups excluding carboxylic acids is 1. The van der Waals surface area contributed by atoms with Crippen LogP contribution in [0.2, 0.25) is 10.0 Å². The molecule has 2 aromatic carbocycles. The number of rotatable bonds is 4. The molecule has 2 aromatic rings. The quantitative estimate of drug-likeness (QED) is 0.716. The minimum Gasteiger partial charge on any atom is -0.484 e. The Labute approximate surface area is 129 Å². The highest BCUT2D eigenvalue weighted by Crippen LogP contribution is 2.27. The fourth-order valence-corrected chi connectivity index (χ4v) is 2.21. The molecule has 0 aliphatic rings. The highest BCUT2D eigenvalue weighted by molar-refractivity contribution is 9.10. The van der Waals surface area contributed by atoms with E-state index in [2.05, 4.69) is 15.9 Å². The van der Waals surface area contributed by atoms with Gasteiger partial charge in [-0.25, -0.2) is 0 Å². The average molecular weight is 360 g/mol. The van der Waals surface area contributed by atoms with Gasteiger partial charge in [0.15, 0.2) is 12.4 Å². The second-order valence-electron chi connectivity index (χ2n) is 3.80. The molecule has 0 radical (unpaired) electrons. The van der Waals surface area contributed by atoms with Crippen molar-refractivity contribution in [2.75, 3.05) is 6.61 Å². The largest absolute Gasteiger partial charge is 0.484 e. The van der Waals surface area contributed by atoms with Crippen LogP contribution >= 0.6 is 39.1 Å². The summed E-state index contributed by atoms with van der Waals surface area (Å²) in [7, 11) is 0. The summed E-state index contributed by atoms with van der Waals surface area (Å²) >= 11 is 15.1. The van der Waals surface area contributed by atoms with Crippen LogP contribution < -0.4 is 4.74 Å². The number of Topliss-reactive ketones (excluding diaryl/α,β-unsaturated/α-hetero) is 1. The first-order valence-electron chi connectivity index (χ1n) is 5.43. The monoisotopic (exact) mass is 358 g/mol. The Bertz CT molecular complexity index is 614. The van der Waals surface area contributed by atoms with E-state index in [1.54, 1.807) is 36.4 Å². The van der Waals surface area contributed by atoms with E-state index in [0.29, 0.717) is 21.4 Å². The third-order valence-electron chi connectivity index (χ3n) is 2.40. The van der Waals surface area contributed by atoms with Gasteiger partial charge >= 0.3 is 0 Å². The van der Waals surface area contributed by atoms with Crippen molar-refractivity contribution in [2.24, 2.45) is 0 Å². The maximum Gasteiger partial charge on any atom is 0.200 e. The number of benzene rings is 2. The highest BCUT2D eigenvalue weighted by Gasteiger charge is 2.09. The van der Waals surface area contributed by atoms with Crippen molar-refractivity contribution < 1.29 is 9.53 Å². The summed E-state index contributed by atoms with van der Waals surface area (Å²) in [6.07, 6.45) is 0.